The lowest BCUT2D eigenvalue weighted by molar-refractivity contribution is -0.141. The van der Waals surface area contributed by atoms with E-state index < -0.39 is 30.6 Å². The maximum absolute atomic E-state index is 14.0. The Balaban J connectivity index is 1.97. The second-order valence-electron chi connectivity index (χ2n) is 13.1. The van der Waals surface area contributed by atoms with Gasteiger partial charge in [0.1, 0.15) is 0 Å². The summed E-state index contributed by atoms with van der Waals surface area (Å²) in [5.74, 6) is -2.12. The van der Waals surface area contributed by atoms with Gasteiger partial charge in [-0.3, -0.25) is 19.4 Å². The fraction of sp³-hybridized carbons (Fsp3) is 0.447. The minimum Gasteiger partial charge on any atom is -0.469 e. The molecule has 5 heterocycles. The first kappa shape index (κ1) is 37.4. The Labute approximate surface area is 296 Å². The minimum absolute atomic E-state index is 0.0889. The Kier molecular flexibility index (Phi) is 11.4. The zero-order valence-electron chi connectivity index (χ0n) is 30.2. The van der Waals surface area contributed by atoms with E-state index in [2.05, 4.69) is 22.2 Å². The predicted octanol–water partition coefficient (Wildman–Crippen LogP) is 3.94. The number of H-pyrrole nitrogens is 2. The molecule has 0 spiro atoms. The Bertz CT molecular complexity index is 2060. The van der Waals surface area contributed by atoms with E-state index in [1.807, 2.05) is 39.0 Å². The number of nitrogens with zero attached hydrogens (tertiary/aromatic N) is 2. The zero-order valence-corrected chi connectivity index (χ0v) is 30.2. The molecule has 3 atom stereocenters. The lowest BCUT2D eigenvalue weighted by Gasteiger charge is -2.18. The van der Waals surface area contributed by atoms with Gasteiger partial charge in [-0.1, -0.05) is 13.8 Å². The number of aliphatic hydroxyl groups is 3. The molecule has 5 rings (SSSR count). The molecule has 3 unspecified atom stereocenters. The number of methoxy groups -OCH3 is 2. The van der Waals surface area contributed by atoms with Gasteiger partial charge in [0.25, 0.3) is 5.91 Å². The highest BCUT2D eigenvalue weighted by atomic mass is 16.5. The summed E-state index contributed by atoms with van der Waals surface area (Å²) in [6, 6.07) is 5.78. The van der Waals surface area contributed by atoms with E-state index in [0.29, 0.717) is 41.1 Å². The molecule has 0 saturated heterocycles. The number of ether oxygens (including phenoxy) is 2. The van der Waals surface area contributed by atoms with E-state index in [-0.39, 0.29) is 49.1 Å². The molecule has 0 aliphatic carbocycles. The number of amides is 1. The maximum atomic E-state index is 14.0. The van der Waals surface area contributed by atoms with Crippen molar-refractivity contribution in [1.29, 1.82) is 0 Å². The van der Waals surface area contributed by atoms with Gasteiger partial charge in [0.15, 0.2) is 0 Å². The molecule has 13 heteroatoms. The third kappa shape index (κ3) is 7.32. The van der Waals surface area contributed by atoms with E-state index in [1.165, 1.54) is 14.2 Å². The van der Waals surface area contributed by atoms with Crippen molar-refractivity contribution in [2.45, 2.75) is 84.8 Å². The highest BCUT2D eigenvalue weighted by Gasteiger charge is 2.36. The zero-order chi connectivity index (χ0) is 37.1. The molecule has 0 radical (unpaired) electrons. The summed E-state index contributed by atoms with van der Waals surface area (Å²) in [5.41, 5.74) is 9.79. The van der Waals surface area contributed by atoms with E-state index in [0.717, 1.165) is 44.3 Å². The third-order valence-corrected chi connectivity index (χ3v) is 10.1. The van der Waals surface area contributed by atoms with Crippen molar-refractivity contribution >= 4 is 51.1 Å². The number of nitrogens with one attached hydrogen (secondary N) is 3. The number of aliphatic hydroxyl groups excluding tert-OH is 3. The summed E-state index contributed by atoms with van der Waals surface area (Å²) < 4.78 is 10.1. The second-order valence-corrected chi connectivity index (χ2v) is 13.1. The molecule has 0 aromatic carbocycles. The SMILES string of the molecule is CCc1c(C)c2cc3[nH]c(cc4nc(c(CC(=O)OC)c5nc(cc1[nH]2)C(C)=C5C(=O)NCC(O)CO)C(CCC(=O)OC)C4C)c(C)c3CO. The van der Waals surface area contributed by atoms with Crippen molar-refractivity contribution in [2.75, 3.05) is 27.4 Å². The first-order valence-corrected chi connectivity index (χ1v) is 17.1. The van der Waals surface area contributed by atoms with Gasteiger partial charge in [0, 0.05) is 63.7 Å². The van der Waals surface area contributed by atoms with Crippen molar-refractivity contribution in [2.24, 2.45) is 0 Å². The summed E-state index contributed by atoms with van der Waals surface area (Å²) in [6.45, 7) is 8.85. The molecule has 2 aliphatic rings. The molecule has 0 saturated carbocycles. The number of hydrogen-bond acceptors (Lipinski definition) is 10. The first-order valence-electron chi connectivity index (χ1n) is 17.1. The fourth-order valence-electron chi connectivity index (χ4n) is 7.04. The maximum Gasteiger partial charge on any atom is 0.310 e. The normalized spacial score (nSPS) is 16.3. The van der Waals surface area contributed by atoms with Crippen LogP contribution in [0.2, 0.25) is 0 Å². The fourth-order valence-corrected chi connectivity index (χ4v) is 7.04. The van der Waals surface area contributed by atoms with Gasteiger partial charge in [-0.2, -0.15) is 0 Å². The van der Waals surface area contributed by atoms with Gasteiger partial charge in [-0.05, 0) is 74.1 Å². The summed E-state index contributed by atoms with van der Waals surface area (Å²) in [5, 5.41) is 32.6. The number of rotatable bonds is 11. The van der Waals surface area contributed by atoms with Gasteiger partial charge in [0.2, 0.25) is 0 Å². The van der Waals surface area contributed by atoms with Gasteiger partial charge in [-0.15, -0.1) is 0 Å². The van der Waals surface area contributed by atoms with E-state index in [4.69, 9.17) is 19.4 Å². The lowest BCUT2D eigenvalue weighted by atomic mass is 9.84. The van der Waals surface area contributed by atoms with Crippen molar-refractivity contribution in [3.63, 3.8) is 0 Å². The summed E-state index contributed by atoms with van der Waals surface area (Å²) in [4.78, 5) is 56.7. The van der Waals surface area contributed by atoms with Crippen molar-refractivity contribution in [1.82, 2.24) is 25.3 Å². The number of carbonyl (C=O) groups is 3. The van der Waals surface area contributed by atoms with Crippen LogP contribution >= 0.6 is 0 Å². The van der Waals surface area contributed by atoms with Crippen molar-refractivity contribution < 1.29 is 39.2 Å². The summed E-state index contributed by atoms with van der Waals surface area (Å²) in [6.07, 6.45) is -0.314. The van der Waals surface area contributed by atoms with Crippen LogP contribution in [0, 0.1) is 13.8 Å². The number of aromatic nitrogens is 4. The quantitative estimate of drug-likeness (QED) is 0.159. The molecule has 272 valence electrons. The van der Waals surface area contributed by atoms with Crippen LogP contribution in [0.1, 0.15) is 96.0 Å². The summed E-state index contributed by atoms with van der Waals surface area (Å²) in [7, 11) is 2.61. The van der Waals surface area contributed by atoms with Gasteiger partial charge < -0.3 is 40.1 Å². The molecule has 13 nitrogen and oxygen atoms in total. The van der Waals surface area contributed by atoms with Crippen molar-refractivity contribution in [3.05, 3.63) is 68.8 Å². The molecule has 0 fully saturated rings. The van der Waals surface area contributed by atoms with Crippen LogP contribution < -0.4 is 5.32 Å². The molecule has 8 bridgehead atoms. The average molecular weight is 702 g/mol. The average Bonchev–Trinajstić information content (AvgIpc) is 3.80. The van der Waals surface area contributed by atoms with Crippen molar-refractivity contribution in [3.8, 4) is 0 Å². The standard InChI is InChI=1S/C38H47N5O8/c1-8-23-18(2)28-13-32-26(17-45)20(4)27(41-32)12-29-19(3)24(9-10-33(47)50-6)36(42-29)25(11-34(48)51-7)37-35(38(49)39-15-22(46)16-44)21(5)30(43-37)14-31(23)40-28/h12-14,19,22,24,40-41,44-46H,8-11,15-17H2,1-7H3,(H,39,49). The van der Waals surface area contributed by atoms with Crippen LogP contribution in [0.4, 0.5) is 0 Å². The van der Waals surface area contributed by atoms with Crippen LogP contribution in [0.3, 0.4) is 0 Å². The van der Waals surface area contributed by atoms with E-state index in [9.17, 15) is 29.7 Å². The van der Waals surface area contributed by atoms with E-state index in [1.54, 1.807) is 6.92 Å². The number of hydrogen-bond donors (Lipinski definition) is 6. The van der Waals surface area contributed by atoms with Crippen LogP contribution in [-0.2, 0) is 43.3 Å². The smallest absolute Gasteiger partial charge is 0.310 e. The number of fused-ring (bicyclic) bond motifs is 8. The highest BCUT2D eigenvalue weighted by Crippen LogP contribution is 2.44. The number of allylic oxidation sites excluding steroid dienone is 1. The molecule has 2 aliphatic heterocycles. The number of carbonyl (C=O) groups excluding carboxylic acids is 3. The Hall–Kier alpha value is -4.85. The second kappa shape index (κ2) is 15.6. The molecular formula is C38H47N5O8. The monoisotopic (exact) mass is 701 g/mol. The number of aromatic amines is 2. The number of aryl methyl sites for hydroxylation is 3. The minimum atomic E-state index is -1.18. The highest BCUT2D eigenvalue weighted by molar-refractivity contribution is 6.27. The molecule has 3 aromatic rings. The largest absolute Gasteiger partial charge is 0.469 e. The van der Waals surface area contributed by atoms with Crippen LogP contribution in [0.15, 0.2) is 18.2 Å². The molecule has 51 heavy (non-hydrogen) atoms. The topological polar surface area (TPSA) is 200 Å². The molecule has 1 amide bonds. The first-order chi connectivity index (χ1) is 24.4. The Morgan fingerprint density at radius 1 is 0.902 bits per heavy atom. The Morgan fingerprint density at radius 3 is 2.18 bits per heavy atom. The van der Waals surface area contributed by atoms with Gasteiger partial charge >= 0.3 is 11.9 Å². The molecule has 6 N–H and O–H groups in total. The number of esters is 2. The van der Waals surface area contributed by atoms with Crippen LogP contribution in [-0.4, -0.2) is 86.6 Å². The lowest BCUT2D eigenvalue weighted by Crippen LogP contribution is -2.34. The molecule has 3 aromatic heterocycles. The third-order valence-electron chi connectivity index (χ3n) is 10.1. The molecular weight excluding hydrogens is 654 g/mol. The summed E-state index contributed by atoms with van der Waals surface area (Å²) >= 11 is 0. The predicted molar refractivity (Wildman–Crippen MR) is 192 cm³/mol. The van der Waals surface area contributed by atoms with Gasteiger partial charge in [-0.25, -0.2) is 4.98 Å². The Morgan fingerprint density at radius 2 is 1.55 bits per heavy atom. The van der Waals surface area contributed by atoms with E-state index >= 15 is 0 Å². The van der Waals surface area contributed by atoms with Crippen LogP contribution in [0.5, 0.6) is 0 Å². The van der Waals surface area contributed by atoms with Gasteiger partial charge in [0.05, 0.1) is 62.6 Å². The van der Waals surface area contributed by atoms with Crippen LogP contribution in [0.25, 0.3) is 33.2 Å².